The van der Waals surface area contributed by atoms with Gasteiger partial charge in [-0.3, -0.25) is 0 Å². The molecule has 0 bridgehead atoms. The maximum Gasteiger partial charge on any atom is 0.573 e. The molecule has 0 N–H and O–H groups in total. The smallest absolute Gasteiger partial charge is 0.486 e. The van der Waals surface area contributed by atoms with Gasteiger partial charge in [0.25, 0.3) is 0 Å². The van der Waals surface area contributed by atoms with Gasteiger partial charge >= 0.3 is 6.36 Å². The second-order valence-electron chi connectivity index (χ2n) is 5.13. The molecule has 1 saturated carbocycles. The molecule has 2 rings (SSSR count). The molecule has 1 aliphatic rings. The molecule has 1 fully saturated rings. The molecule has 1 aromatic rings. The summed E-state index contributed by atoms with van der Waals surface area (Å²) in [6.45, 7) is 4.02. The number of alkyl halides is 4. The van der Waals surface area contributed by atoms with Crippen LogP contribution in [0.2, 0.25) is 0 Å². The van der Waals surface area contributed by atoms with Gasteiger partial charge in [-0.1, -0.05) is 41.9 Å². The second-order valence-corrected chi connectivity index (χ2v) is 6.23. The predicted molar refractivity (Wildman–Crippen MR) is 68.7 cm³/mol. The van der Waals surface area contributed by atoms with E-state index in [0.29, 0.717) is 4.83 Å². The fraction of sp³-hybridized carbons (Fsp3) is 0.538. The minimum absolute atomic E-state index is 0.120. The average Bonchev–Trinajstić information content (AvgIpc) is 2.29. The Kier molecular flexibility index (Phi) is 3.73. The number of rotatable bonds is 3. The van der Waals surface area contributed by atoms with Crippen LogP contribution in [0.15, 0.2) is 24.3 Å². The first kappa shape index (κ1) is 14.5. The summed E-state index contributed by atoms with van der Waals surface area (Å²) >= 11 is 3.51. The Bertz CT molecular complexity index is 459. The van der Waals surface area contributed by atoms with Crippen LogP contribution in [-0.4, -0.2) is 17.3 Å². The summed E-state index contributed by atoms with van der Waals surface area (Å²) in [5, 5.41) is 0. The molecule has 0 radical (unpaired) electrons. The van der Waals surface area contributed by atoms with Crippen molar-refractivity contribution in [2.45, 2.75) is 37.6 Å². The molecule has 2 unspecified atom stereocenters. The number of para-hydroxylation sites is 2. The lowest BCUT2D eigenvalue weighted by molar-refractivity contribution is -0.275. The molecular formula is C13H14BrF3O2. The van der Waals surface area contributed by atoms with Crippen molar-refractivity contribution < 1.29 is 22.6 Å². The SMILES string of the molecule is CC1(C)C(Br)CC1Oc1ccccc1OC(F)(F)F. The molecule has 0 amide bonds. The van der Waals surface area contributed by atoms with E-state index in [1.165, 1.54) is 18.2 Å². The van der Waals surface area contributed by atoms with Crippen molar-refractivity contribution in [1.82, 2.24) is 0 Å². The van der Waals surface area contributed by atoms with Gasteiger partial charge in [-0.05, 0) is 18.6 Å². The molecular weight excluding hydrogens is 325 g/mol. The summed E-state index contributed by atoms with van der Waals surface area (Å²) in [5.41, 5.74) is -0.120. The first-order valence-electron chi connectivity index (χ1n) is 5.85. The fourth-order valence-corrected chi connectivity index (χ4v) is 2.58. The number of benzene rings is 1. The highest BCUT2D eigenvalue weighted by molar-refractivity contribution is 9.09. The van der Waals surface area contributed by atoms with Crippen LogP contribution < -0.4 is 9.47 Å². The molecule has 0 heterocycles. The van der Waals surface area contributed by atoms with Crippen molar-refractivity contribution in [2.24, 2.45) is 5.41 Å². The Balaban J connectivity index is 2.13. The van der Waals surface area contributed by atoms with Gasteiger partial charge in [0.15, 0.2) is 11.5 Å². The van der Waals surface area contributed by atoms with E-state index < -0.39 is 6.36 Å². The largest absolute Gasteiger partial charge is 0.573 e. The Morgan fingerprint density at radius 1 is 1.21 bits per heavy atom. The number of halogens is 4. The molecule has 0 aliphatic heterocycles. The highest BCUT2D eigenvalue weighted by Crippen LogP contribution is 2.48. The quantitative estimate of drug-likeness (QED) is 0.754. The van der Waals surface area contributed by atoms with Crippen molar-refractivity contribution in [3.05, 3.63) is 24.3 Å². The lowest BCUT2D eigenvalue weighted by Gasteiger charge is -2.48. The van der Waals surface area contributed by atoms with Crippen molar-refractivity contribution >= 4 is 15.9 Å². The van der Waals surface area contributed by atoms with E-state index in [1.54, 1.807) is 6.07 Å². The number of ether oxygens (including phenoxy) is 2. The first-order chi connectivity index (χ1) is 8.70. The van der Waals surface area contributed by atoms with Crippen molar-refractivity contribution in [3.8, 4) is 11.5 Å². The van der Waals surface area contributed by atoms with E-state index in [2.05, 4.69) is 20.7 Å². The fourth-order valence-electron chi connectivity index (χ4n) is 1.95. The van der Waals surface area contributed by atoms with E-state index in [-0.39, 0.29) is 23.0 Å². The summed E-state index contributed by atoms with van der Waals surface area (Å²) in [4.78, 5) is 0.306. The lowest BCUT2D eigenvalue weighted by atomic mass is 9.69. The van der Waals surface area contributed by atoms with Gasteiger partial charge in [0.2, 0.25) is 0 Å². The van der Waals surface area contributed by atoms with Gasteiger partial charge in [0.1, 0.15) is 6.10 Å². The van der Waals surface area contributed by atoms with Crippen LogP contribution in [0.5, 0.6) is 11.5 Å². The lowest BCUT2D eigenvalue weighted by Crippen LogP contribution is -2.53. The molecule has 6 heteroatoms. The molecule has 1 aromatic carbocycles. The summed E-state index contributed by atoms with van der Waals surface area (Å²) < 4.78 is 46.5. The second kappa shape index (κ2) is 4.89. The minimum Gasteiger partial charge on any atom is -0.486 e. The third-order valence-electron chi connectivity index (χ3n) is 3.40. The summed E-state index contributed by atoms with van der Waals surface area (Å²) in [7, 11) is 0. The summed E-state index contributed by atoms with van der Waals surface area (Å²) in [5.74, 6) is -0.180. The van der Waals surface area contributed by atoms with Gasteiger partial charge in [-0.15, -0.1) is 13.2 Å². The molecule has 0 aromatic heterocycles. The minimum atomic E-state index is -4.72. The van der Waals surface area contributed by atoms with E-state index in [1.807, 2.05) is 13.8 Å². The number of hydrogen-bond acceptors (Lipinski definition) is 2. The standard InChI is InChI=1S/C13H14BrF3O2/c1-12(2)10(14)7-11(12)18-8-5-3-4-6-9(8)19-13(15,16)17/h3-6,10-11H,7H2,1-2H3. The molecule has 106 valence electrons. The molecule has 2 nitrogen and oxygen atoms in total. The first-order valence-corrected chi connectivity index (χ1v) is 6.77. The maximum absolute atomic E-state index is 12.3. The van der Waals surface area contributed by atoms with Crippen molar-refractivity contribution in [2.75, 3.05) is 0 Å². The Hall–Kier alpha value is -0.910. The Morgan fingerprint density at radius 2 is 1.79 bits per heavy atom. The zero-order valence-corrected chi connectivity index (χ0v) is 12.1. The van der Waals surface area contributed by atoms with Crippen molar-refractivity contribution in [1.29, 1.82) is 0 Å². The van der Waals surface area contributed by atoms with E-state index >= 15 is 0 Å². The van der Waals surface area contributed by atoms with E-state index in [0.717, 1.165) is 6.42 Å². The molecule has 19 heavy (non-hydrogen) atoms. The van der Waals surface area contributed by atoms with Crippen LogP contribution >= 0.6 is 15.9 Å². The van der Waals surface area contributed by atoms with E-state index in [4.69, 9.17) is 4.74 Å². The highest BCUT2D eigenvalue weighted by atomic mass is 79.9. The number of hydrogen-bond donors (Lipinski definition) is 0. The predicted octanol–water partition coefficient (Wildman–Crippen LogP) is 4.53. The normalized spacial score (nSPS) is 25.6. The molecule has 0 spiro atoms. The van der Waals surface area contributed by atoms with Gasteiger partial charge in [-0.25, -0.2) is 0 Å². The van der Waals surface area contributed by atoms with Crippen LogP contribution in [0.3, 0.4) is 0 Å². The molecule has 1 aliphatic carbocycles. The molecule has 2 atom stereocenters. The maximum atomic E-state index is 12.3. The van der Waals surface area contributed by atoms with Gasteiger partial charge < -0.3 is 9.47 Å². The van der Waals surface area contributed by atoms with Gasteiger partial charge in [-0.2, -0.15) is 0 Å². The van der Waals surface area contributed by atoms with Gasteiger partial charge in [0.05, 0.1) is 0 Å². The van der Waals surface area contributed by atoms with Crippen LogP contribution in [-0.2, 0) is 0 Å². The van der Waals surface area contributed by atoms with Crippen LogP contribution in [0.1, 0.15) is 20.3 Å². The van der Waals surface area contributed by atoms with Crippen molar-refractivity contribution in [3.63, 3.8) is 0 Å². The zero-order valence-electron chi connectivity index (χ0n) is 10.5. The van der Waals surface area contributed by atoms with Crippen LogP contribution in [0.4, 0.5) is 13.2 Å². The van der Waals surface area contributed by atoms with Crippen LogP contribution in [0, 0.1) is 5.41 Å². The highest BCUT2D eigenvalue weighted by Gasteiger charge is 2.49. The third-order valence-corrected chi connectivity index (χ3v) is 4.96. The van der Waals surface area contributed by atoms with E-state index in [9.17, 15) is 13.2 Å². The average molecular weight is 339 g/mol. The van der Waals surface area contributed by atoms with Gasteiger partial charge in [0, 0.05) is 10.2 Å². The topological polar surface area (TPSA) is 18.5 Å². The van der Waals surface area contributed by atoms with Crippen LogP contribution in [0.25, 0.3) is 0 Å². The summed E-state index contributed by atoms with van der Waals surface area (Å²) in [6.07, 6.45) is -4.09. The molecule has 0 saturated heterocycles. The monoisotopic (exact) mass is 338 g/mol. The third kappa shape index (κ3) is 3.16. The zero-order chi connectivity index (χ0) is 14.3. The summed E-state index contributed by atoms with van der Waals surface area (Å²) in [6, 6.07) is 5.84. The Labute approximate surface area is 118 Å². The Morgan fingerprint density at radius 3 is 2.26 bits per heavy atom.